The molecule has 0 aromatic rings. The molecule has 0 spiro atoms. The monoisotopic (exact) mass is 302 g/mol. The van der Waals surface area contributed by atoms with Crippen molar-refractivity contribution in [2.75, 3.05) is 0 Å². The minimum absolute atomic E-state index is 0.0342. The largest absolute Gasteiger partial charge is 0.393 e. The number of aliphatic hydroxyl groups is 1. The Kier molecular flexibility index (Phi) is 3.20. The Bertz CT molecular complexity index is 508. The Labute approximate surface area is 136 Å². The first kappa shape index (κ1) is 15.2. The van der Waals surface area contributed by atoms with E-state index in [0.717, 1.165) is 24.2 Å². The summed E-state index contributed by atoms with van der Waals surface area (Å²) >= 11 is 0. The molecule has 3 fully saturated rings. The number of aliphatic hydroxyl groups excluding tert-OH is 1. The van der Waals surface area contributed by atoms with E-state index in [-0.39, 0.29) is 11.5 Å². The predicted octanol–water partition coefficient (Wildman–Crippen LogP) is 5.34. The van der Waals surface area contributed by atoms with Crippen LogP contribution >= 0.6 is 0 Å². The zero-order chi connectivity index (χ0) is 15.8. The molecule has 1 nitrogen and oxygen atoms in total. The molecule has 1 heteroatoms. The maximum atomic E-state index is 10.5. The normalized spacial score (nSPS) is 57.6. The molecule has 0 saturated heterocycles. The van der Waals surface area contributed by atoms with Crippen LogP contribution in [0.3, 0.4) is 0 Å². The van der Waals surface area contributed by atoms with E-state index in [1.807, 2.05) is 0 Å². The van der Waals surface area contributed by atoms with E-state index in [9.17, 15) is 5.11 Å². The lowest BCUT2D eigenvalue weighted by Crippen LogP contribution is -2.56. The van der Waals surface area contributed by atoms with E-state index in [0.29, 0.717) is 10.8 Å². The summed E-state index contributed by atoms with van der Waals surface area (Å²) in [5, 5.41) is 10.5. The Balaban J connectivity index is 1.70. The molecule has 124 valence electrons. The zero-order valence-electron chi connectivity index (χ0n) is 15.0. The van der Waals surface area contributed by atoms with Gasteiger partial charge in [0.25, 0.3) is 0 Å². The molecule has 0 aromatic carbocycles. The summed E-state index contributed by atoms with van der Waals surface area (Å²) in [6, 6.07) is 0. The van der Waals surface area contributed by atoms with Crippen molar-refractivity contribution in [1.82, 2.24) is 0 Å². The summed E-state index contributed by atoms with van der Waals surface area (Å²) in [6.45, 7) is 9.92. The van der Waals surface area contributed by atoms with Crippen LogP contribution in [0.25, 0.3) is 0 Å². The standard InChI is InChI=1S/C21H34O/c1-14-7-12-21(4)17-9-11-20(3)16(5-6-18(20)22)15(17)8-10-19(21,2)13-14/h7,15-18,22H,5-6,8-13H2,1-4H3/t15-,16-,17-,18-,19-,20-,21+/m0/s1. The molecule has 0 bridgehead atoms. The van der Waals surface area contributed by atoms with Crippen LogP contribution in [-0.2, 0) is 0 Å². The summed E-state index contributed by atoms with van der Waals surface area (Å²) < 4.78 is 0. The smallest absolute Gasteiger partial charge is 0.0596 e. The molecule has 22 heavy (non-hydrogen) atoms. The Morgan fingerprint density at radius 2 is 1.77 bits per heavy atom. The summed E-state index contributed by atoms with van der Waals surface area (Å²) in [4.78, 5) is 0. The lowest BCUT2D eigenvalue weighted by atomic mass is 9.41. The second kappa shape index (κ2) is 4.62. The van der Waals surface area contributed by atoms with Gasteiger partial charge in [0, 0.05) is 0 Å². The first-order valence-corrected chi connectivity index (χ1v) is 9.64. The Morgan fingerprint density at radius 3 is 2.55 bits per heavy atom. The highest BCUT2D eigenvalue weighted by molar-refractivity contribution is 5.19. The predicted molar refractivity (Wildman–Crippen MR) is 91.5 cm³/mol. The minimum Gasteiger partial charge on any atom is -0.393 e. The third kappa shape index (κ3) is 1.75. The second-order valence-corrected chi connectivity index (χ2v) is 9.96. The molecule has 4 aliphatic rings. The molecule has 0 radical (unpaired) electrons. The van der Waals surface area contributed by atoms with Crippen LogP contribution < -0.4 is 0 Å². The molecule has 3 saturated carbocycles. The molecular weight excluding hydrogens is 268 g/mol. The van der Waals surface area contributed by atoms with Crippen molar-refractivity contribution in [3.8, 4) is 0 Å². The molecule has 0 heterocycles. The Morgan fingerprint density at radius 1 is 1.00 bits per heavy atom. The minimum atomic E-state index is -0.0342. The van der Waals surface area contributed by atoms with E-state index in [1.165, 1.54) is 44.9 Å². The van der Waals surface area contributed by atoms with Crippen LogP contribution in [0.4, 0.5) is 0 Å². The molecule has 4 aliphatic carbocycles. The van der Waals surface area contributed by atoms with Gasteiger partial charge in [-0.05, 0) is 92.3 Å². The average molecular weight is 303 g/mol. The van der Waals surface area contributed by atoms with E-state index in [1.54, 1.807) is 5.57 Å². The van der Waals surface area contributed by atoms with Crippen molar-refractivity contribution in [2.24, 2.45) is 34.0 Å². The summed E-state index contributed by atoms with van der Waals surface area (Å²) in [5.74, 6) is 2.55. The molecule has 7 atom stereocenters. The fraction of sp³-hybridized carbons (Fsp3) is 0.905. The number of rotatable bonds is 0. The van der Waals surface area contributed by atoms with Gasteiger partial charge in [-0.3, -0.25) is 0 Å². The fourth-order valence-electron chi connectivity index (χ4n) is 7.43. The molecule has 0 amide bonds. The first-order chi connectivity index (χ1) is 10.3. The van der Waals surface area contributed by atoms with Crippen LogP contribution in [-0.4, -0.2) is 11.2 Å². The van der Waals surface area contributed by atoms with Gasteiger partial charge in [0.1, 0.15) is 0 Å². The van der Waals surface area contributed by atoms with Gasteiger partial charge < -0.3 is 5.11 Å². The first-order valence-electron chi connectivity index (χ1n) is 9.64. The molecular formula is C21H34O. The van der Waals surface area contributed by atoms with Gasteiger partial charge in [0.05, 0.1) is 6.10 Å². The highest BCUT2D eigenvalue weighted by Crippen LogP contribution is 2.69. The molecule has 1 N–H and O–H groups in total. The SMILES string of the molecule is CC1=CC[C@]2(C)[C@H]3CC[C@]4(C)[C@@H](O)CC[C@H]4[C@@H]3CC[C@@]2(C)C1. The topological polar surface area (TPSA) is 20.2 Å². The van der Waals surface area contributed by atoms with Crippen molar-refractivity contribution in [1.29, 1.82) is 0 Å². The van der Waals surface area contributed by atoms with Crippen molar-refractivity contribution in [3.05, 3.63) is 11.6 Å². The fourth-order valence-corrected chi connectivity index (χ4v) is 7.43. The lowest BCUT2D eigenvalue weighted by molar-refractivity contribution is -0.142. The zero-order valence-corrected chi connectivity index (χ0v) is 15.0. The van der Waals surface area contributed by atoms with Crippen LogP contribution in [0, 0.1) is 34.0 Å². The van der Waals surface area contributed by atoms with E-state index < -0.39 is 0 Å². The van der Waals surface area contributed by atoms with Crippen LogP contribution in [0.2, 0.25) is 0 Å². The van der Waals surface area contributed by atoms with E-state index >= 15 is 0 Å². The van der Waals surface area contributed by atoms with Crippen molar-refractivity contribution in [3.63, 3.8) is 0 Å². The molecule has 0 unspecified atom stereocenters. The summed E-state index contributed by atoms with van der Waals surface area (Å²) in [6.07, 6.45) is 12.9. The van der Waals surface area contributed by atoms with Gasteiger partial charge in [-0.2, -0.15) is 0 Å². The van der Waals surface area contributed by atoms with Gasteiger partial charge in [-0.25, -0.2) is 0 Å². The number of hydrogen-bond donors (Lipinski definition) is 1. The molecule has 0 aliphatic heterocycles. The third-order valence-electron chi connectivity index (χ3n) is 9.16. The average Bonchev–Trinajstić information content (AvgIpc) is 2.76. The van der Waals surface area contributed by atoms with Crippen LogP contribution in [0.15, 0.2) is 11.6 Å². The molecule has 0 aromatic heterocycles. The van der Waals surface area contributed by atoms with Crippen LogP contribution in [0.5, 0.6) is 0 Å². The van der Waals surface area contributed by atoms with Gasteiger partial charge in [0.15, 0.2) is 0 Å². The number of hydrogen-bond acceptors (Lipinski definition) is 1. The van der Waals surface area contributed by atoms with Gasteiger partial charge in [-0.1, -0.05) is 32.4 Å². The van der Waals surface area contributed by atoms with Crippen molar-refractivity contribution in [2.45, 2.75) is 85.2 Å². The molecule has 4 rings (SSSR count). The third-order valence-corrected chi connectivity index (χ3v) is 9.16. The number of allylic oxidation sites excluding steroid dienone is 2. The van der Waals surface area contributed by atoms with Gasteiger partial charge in [-0.15, -0.1) is 0 Å². The van der Waals surface area contributed by atoms with E-state index in [4.69, 9.17) is 0 Å². The van der Waals surface area contributed by atoms with Gasteiger partial charge >= 0.3 is 0 Å². The maximum absolute atomic E-state index is 10.5. The second-order valence-electron chi connectivity index (χ2n) is 9.96. The Hall–Kier alpha value is -0.300. The summed E-state index contributed by atoms with van der Waals surface area (Å²) in [7, 11) is 0. The van der Waals surface area contributed by atoms with Crippen LogP contribution in [0.1, 0.15) is 79.1 Å². The highest BCUT2D eigenvalue weighted by Gasteiger charge is 2.62. The van der Waals surface area contributed by atoms with Crippen molar-refractivity contribution >= 4 is 0 Å². The number of fused-ring (bicyclic) bond motifs is 5. The van der Waals surface area contributed by atoms with E-state index in [2.05, 4.69) is 33.8 Å². The highest BCUT2D eigenvalue weighted by atomic mass is 16.3. The summed E-state index contributed by atoms with van der Waals surface area (Å²) in [5.41, 5.74) is 2.85. The lowest BCUT2D eigenvalue weighted by Gasteiger charge is -2.64. The van der Waals surface area contributed by atoms with Gasteiger partial charge in [0.2, 0.25) is 0 Å². The van der Waals surface area contributed by atoms with Crippen molar-refractivity contribution < 1.29 is 5.11 Å². The maximum Gasteiger partial charge on any atom is 0.0596 e. The quantitative estimate of drug-likeness (QED) is 0.599.